The van der Waals surface area contributed by atoms with Crippen LogP contribution in [0.2, 0.25) is 0 Å². The highest BCUT2D eigenvalue weighted by atomic mass is 127. The van der Waals surface area contributed by atoms with Gasteiger partial charge in [0.15, 0.2) is 0 Å². The lowest BCUT2D eigenvalue weighted by atomic mass is 10.3. The maximum atomic E-state index is 13.3. The number of rotatable bonds is 5. The first-order chi connectivity index (χ1) is 7.88. The Hall–Kier alpha value is -0.810. The molecular weight excluding hydrogens is 366 g/mol. The number of non-ortho nitro benzene ring substituents is 1. The summed E-state index contributed by atoms with van der Waals surface area (Å²) in [5.41, 5.74) is -0.471. The van der Waals surface area contributed by atoms with E-state index in [4.69, 9.17) is 0 Å². The highest BCUT2D eigenvalue weighted by Gasteiger charge is 2.21. The first-order valence-corrected chi connectivity index (χ1v) is 7.39. The molecule has 0 radical (unpaired) electrons. The standard InChI is InChI=1S/C8H8FIN2O4S/c9-7-2-1-6(12(13)14)5-8(7)17(15,16)11-4-3-10/h1-2,5,11H,3-4H2. The molecule has 0 bridgehead atoms. The van der Waals surface area contributed by atoms with E-state index in [0.29, 0.717) is 10.5 Å². The van der Waals surface area contributed by atoms with Crippen LogP contribution in [0.15, 0.2) is 23.1 Å². The lowest BCUT2D eigenvalue weighted by Gasteiger charge is -2.05. The van der Waals surface area contributed by atoms with Crippen LogP contribution in [0.25, 0.3) is 0 Å². The summed E-state index contributed by atoms with van der Waals surface area (Å²) in [7, 11) is -4.04. The molecular formula is C8H8FIN2O4S. The molecule has 94 valence electrons. The van der Waals surface area contributed by atoms with Crippen molar-refractivity contribution < 1.29 is 17.7 Å². The summed E-state index contributed by atoms with van der Waals surface area (Å²) in [6, 6.07) is 2.37. The number of hydrogen-bond acceptors (Lipinski definition) is 4. The first kappa shape index (κ1) is 14.3. The molecule has 9 heteroatoms. The van der Waals surface area contributed by atoms with E-state index in [1.54, 1.807) is 0 Å². The molecule has 0 aliphatic heterocycles. The molecule has 17 heavy (non-hydrogen) atoms. The molecule has 0 aliphatic rings. The van der Waals surface area contributed by atoms with Crippen LogP contribution in [0.1, 0.15) is 0 Å². The van der Waals surface area contributed by atoms with Crippen LogP contribution in [0.5, 0.6) is 0 Å². The minimum absolute atomic E-state index is 0.130. The monoisotopic (exact) mass is 374 g/mol. The largest absolute Gasteiger partial charge is 0.270 e. The number of benzene rings is 1. The number of sulfonamides is 1. The average molecular weight is 374 g/mol. The Morgan fingerprint density at radius 1 is 1.47 bits per heavy atom. The summed E-state index contributed by atoms with van der Waals surface area (Å²) in [5, 5.41) is 10.5. The number of nitro groups is 1. The van der Waals surface area contributed by atoms with Gasteiger partial charge in [-0.15, -0.1) is 0 Å². The van der Waals surface area contributed by atoms with Crippen molar-refractivity contribution in [1.82, 2.24) is 4.72 Å². The van der Waals surface area contributed by atoms with E-state index in [2.05, 4.69) is 4.72 Å². The summed E-state index contributed by atoms with van der Waals surface area (Å²) in [6.45, 7) is 0.130. The van der Waals surface area contributed by atoms with Gasteiger partial charge in [-0.3, -0.25) is 10.1 Å². The zero-order valence-electron chi connectivity index (χ0n) is 8.39. The van der Waals surface area contributed by atoms with Crippen LogP contribution in [-0.2, 0) is 10.0 Å². The fraction of sp³-hybridized carbons (Fsp3) is 0.250. The van der Waals surface area contributed by atoms with E-state index >= 15 is 0 Å². The fourth-order valence-electron chi connectivity index (χ4n) is 1.06. The minimum Gasteiger partial charge on any atom is -0.258 e. The smallest absolute Gasteiger partial charge is 0.258 e. The number of alkyl halides is 1. The van der Waals surface area contributed by atoms with Crippen LogP contribution >= 0.6 is 22.6 Å². The van der Waals surface area contributed by atoms with Gasteiger partial charge in [0.2, 0.25) is 10.0 Å². The topological polar surface area (TPSA) is 89.3 Å². The van der Waals surface area contributed by atoms with Crippen molar-refractivity contribution in [2.75, 3.05) is 11.0 Å². The van der Waals surface area contributed by atoms with E-state index in [-0.39, 0.29) is 6.54 Å². The van der Waals surface area contributed by atoms with Gasteiger partial charge in [0.05, 0.1) is 4.92 Å². The second-order valence-corrected chi connectivity index (χ2v) is 5.77. The summed E-state index contributed by atoms with van der Waals surface area (Å²) in [6.07, 6.45) is 0. The van der Waals surface area contributed by atoms with Gasteiger partial charge in [0, 0.05) is 23.1 Å². The zero-order chi connectivity index (χ0) is 13.1. The summed E-state index contributed by atoms with van der Waals surface area (Å²) >= 11 is 1.94. The summed E-state index contributed by atoms with van der Waals surface area (Å²) in [5.74, 6) is -1.02. The van der Waals surface area contributed by atoms with Crippen molar-refractivity contribution in [3.63, 3.8) is 0 Å². The SMILES string of the molecule is O=[N+]([O-])c1ccc(F)c(S(=O)(=O)NCCI)c1. The molecule has 6 nitrogen and oxygen atoms in total. The molecule has 0 spiro atoms. The summed E-state index contributed by atoms with van der Waals surface area (Å²) < 4.78 is 39.2. The van der Waals surface area contributed by atoms with Crippen LogP contribution < -0.4 is 4.72 Å². The molecule has 0 aromatic heterocycles. The van der Waals surface area contributed by atoms with Gasteiger partial charge in [0.25, 0.3) is 5.69 Å². The van der Waals surface area contributed by atoms with Crippen molar-refractivity contribution >= 4 is 38.3 Å². The number of nitrogens with zero attached hydrogens (tertiary/aromatic N) is 1. The molecule has 0 saturated heterocycles. The Kier molecular flexibility index (Phi) is 4.77. The third-order valence-electron chi connectivity index (χ3n) is 1.80. The normalized spacial score (nSPS) is 11.4. The van der Waals surface area contributed by atoms with Crippen molar-refractivity contribution in [2.24, 2.45) is 0 Å². The third-order valence-corrected chi connectivity index (χ3v) is 3.82. The molecule has 0 unspecified atom stereocenters. The number of nitrogens with one attached hydrogen (secondary N) is 1. The van der Waals surface area contributed by atoms with Gasteiger partial charge in [-0.25, -0.2) is 17.5 Å². The van der Waals surface area contributed by atoms with Crippen molar-refractivity contribution in [1.29, 1.82) is 0 Å². The Labute approximate surface area is 111 Å². The third kappa shape index (κ3) is 3.57. The zero-order valence-corrected chi connectivity index (χ0v) is 11.4. The first-order valence-electron chi connectivity index (χ1n) is 4.38. The van der Waals surface area contributed by atoms with Crippen molar-refractivity contribution in [3.05, 3.63) is 34.1 Å². The van der Waals surface area contributed by atoms with Gasteiger partial charge in [0.1, 0.15) is 10.7 Å². The highest BCUT2D eigenvalue weighted by molar-refractivity contribution is 14.1. The Bertz CT molecular complexity index is 534. The lowest BCUT2D eigenvalue weighted by molar-refractivity contribution is -0.385. The number of halogens is 2. The van der Waals surface area contributed by atoms with E-state index in [0.717, 1.165) is 12.1 Å². The molecule has 1 N–H and O–H groups in total. The molecule has 0 fully saturated rings. The van der Waals surface area contributed by atoms with Crippen molar-refractivity contribution in [3.8, 4) is 0 Å². The molecule has 0 atom stereocenters. The highest BCUT2D eigenvalue weighted by Crippen LogP contribution is 2.20. The second kappa shape index (κ2) is 5.69. The van der Waals surface area contributed by atoms with Gasteiger partial charge < -0.3 is 0 Å². The molecule has 0 heterocycles. The van der Waals surface area contributed by atoms with Gasteiger partial charge in [-0.05, 0) is 6.07 Å². The van der Waals surface area contributed by atoms with Gasteiger partial charge in [-0.2, -0.15) is 0 Å². The van der Waals surface area contributed by atoms with Crippen LogP contribution in [-0.4, -0.2) is 24.3 Å². The van der Waals surface area contributed by atoms with Crippen LogP contribution in [0, 0.1) is 15.9 Å². The van der Waals surface area contributed by atoms with E-state index in [1.807, 2.05) is 22.6 Å². The maximum Gasteiger partial charge on any atom is 0.270 e. The van der Waals surface area contributed by atoms with Crippen LogP contribution in [0.4, 0.5) is 10.1 Å². The van der Waals surface area contributed by atoms with Gasteiger partial charge in [-0.1, -0.05) is 22.6 Å². The Balaban J connectivity index is 3.20. The molecule has 0 aliphatic carbocycles. The van der Waals surface area contributed by atoms with Crippen LogP contribution in [0.3, 0.4) is 0 Å². The van der Waals surface area contributed by atoms with E-state index in [1.165, 1.54) is 0 Å². The maximum absolute atomic E-state index is 13.3. The average Bonchev–Trinajstić information content (AvgIpc) is 2.26. The lowest BCUT2D eigenvalue weighted by Crippen LogP contribution is -2.26. The van der Waals surface area contributed by atoms with Gasteiger partial charge >= 0.3 is 0 Å². The predicted molar refractivity (Wildman–Crippen MR) is 67.1 cm³/mol. The fourth-order valence-corrected chi connectivity index (χ4v) is 2.82. The minimum atomic E-state index is -4.04. The molecule has 1 rings (SSSR count). The number of hydrogen-bond donors (Lipinski definition) is 1. The molecule has 1 aromatic rings. The van der Waals surface area contributed by atoms with E-state index in [9.17, 15) is 22.9 Å². The Morgan fingerprint density at radius 2 is 2.12 bits per heavy atom. The number of nitro benzene ring substituents is 1. The molecule has 0 saturated carbocycles. The Morgan fingerprint density at radius 3 is 2.65 bits per heavy atom. The molecule has 0 amide bonds. The quantitative estimate of drug-likeness (QED) is 0.366. The molecule has 1 aromatic carbocycles. The van der Waals surface area contributed by atoms with E-state index < -0.39 is 31.3 Å². The second-order valence-electron chi connectivity index (χ2n) is 2.96. The summed E-state index contributed by atoms with van der Waals surface area (Å²) in [4.78, 5) is 8.98. The van der Waals surface area contributed by atoms with Crippen molar-refractivity contribution in [2.45, 2.75) is 4.90 Å². The predicted octanol–water partition coefficient (Wildman–Crippen LogP) is 1.45.